The molecule has 4 aromatic rings. The lowest BCUT2D eigenvalue weighted by Gasteiger charge is -2.23. The van der Waals surface area contributed by atoms with Crippen molar-refractivity contribution in [2.45, 2.75) is 31.7 Å². The van der Waals surface area contributed by atoms with Gasteiger partial charge in [-0.2, -0.15) is 0 Å². The number of rotatable bonds is 8. The molecular formula is C29H28N2O5. The largest absolute Gasteiger partial charge is 0.508 e. The monoisotopic (exact) mass is 484 g/mol. The van der Waals surface area contributed by atoms with E-state index in [0.717, 1.165) is 19.4 Å². The van der Waals surface area contributed by atoms with Crippen LogP contribution in [-0.4, -0.2) is 40.3 Å². The molecule has 0 saturated carbocycles. The van der Waals surface area contributed by atoms with E-state index in [9.17, 15) is 15.0 Å². The lowest BCUT2D eigenvalue weighted by molar-refractivity contribution is 0.103. The molecule has 1 atom stereocenters. The predicted octanol–water partition coefficient (Wildman–Crippen LogP) is 5.56. The van der Waals surface area contributed by atoms with E-state index in [2.05, 4.69) is 10.5 Å². The number of aromatic nitrogens is 1. The second-order valence-corrected chi connectivity index (χ2v) is 8.97. The molecule has 1 aliphatic rings. The molecule has 3 N–H and O–H groups in total. The number of carbonyl (C=O) groups is 1. The van der Waals surface area contributed by atoms with Gasteiger partial charge in [0.2, 0.25) is 0 Å². The number of ketones is 1. The maximum absolute atomic E-state index is 13.8. The molecule has 1 aliphatic heterocycles. The lowest BCUT2D eigenvalue weighted by Crippen LogP contribution is -2.35. The number of hydrogen-bond acceptors (Lipinski definition) is 7. The van der Waals surface area contributed by atoms with Gasteiger partial charge in [-0.3, -0.25) is 4.79 Å². The zero-order chi connectivity index (χ0) is 24.9. The van der Waals surface area contributed by atoms with Crippen molar-refractivity contribution in [3.63, 3.8) is 0 Å². The standard InChI is InChI=1S/C29H28N2O5/c32-23-11-7-19(8-12-23)27-26(29(36-31-27)20-9-13-24(33)14-10-20)28(34)21-4-3-6-25(18-21)35-17-15-22-5-1-2-16-30-22/h3-4,6-14,18,22,30,32-33H,1-2,5,15-17H2. The second-order valence-electron chi connectivity index (χ2n) is 8.97. The van der Waals surface area contributed by atoms with Crippen LogP contribution in [0, 0.1) is 0 Å². The van der Waals surface area contributed by atoms with E-state index in [0.29, 0.717) is 52.1 Å². The minimum atomic E-state index is -0.262. The van der Waals surface area contributed by atoms with Crippen LogP contribution in [0.25, 0.3) is 22.6 Å². The fourth-order valence-corrected chi connectivity index (χ4v) is 4.49. The van der Waals surface area contributed by atoms with Crippen LogP contribution in [-0.2, 0) is 0 Å². The summed E-state index contributed by atoms with van der Waals surface area (Å²) in [5, 5.41) is 27.1. The van der Waals surface area contributed by atoms with Crippen LogP contribution < -0.4 is 10.1 Å². The van der Waals surface area contributed by atoms with E-state index in [1.54, 1.807) is 42.5 Å². The Morgan fingerprint density at radius 1 is 0.972 bits per heavy atom. The first-order valence-electron chi connectivity index (χ1n) is 12.2. The van der Waals surface area contributed by atoms with Crippen molar-refractivity contribution in [3.8, 4) is 39.8 Å². The molecule has 0 radical (unpaired) electrons. The first-order chi connectivity index (χ1) is 17.6. The number of aromatic hydroxyl groups is 2. The molecule has 0 amide bonds. The quantitative estimate of drug-likeness (QED) is 0.281. The Labute approximate surface area is 209 Å². The Kier molecular flexibility index (Phi) is 7.00. The molecule has 36 heavy (non-hydrogen) atoms. The molecule has 1 fully saturated rings. The van der Waals surface area contributed by atoms with Crippen LogP contribution in [0.15, 0.2) is 77.3 Å². The maximum atomic E-state index is 13.8. The molecular weight excluding hydrogens is 456 g/mol. The van der Waals surface area contributed by atoms with Crippen LogP contribution in [0.5, 0.6) is 17.2 Å². The zero-order valence-electron chi connectivity index (χ0n) is 19.8. The number of nitrogens with one attached hydrogen (secondary N) is 1. The predicted molar refractivity (Wildman–Crippen MR) is 136 cm³/mol. The molecule has 7 nitrogen and oxygen atoms in total. The number of benzene rings is 3. The Balaban J connectivity index is 1.44. The van der Waals surface area contributed by atoms with Gasteiger partial charge in [-0.15, -0.1) is 0 Å². The summed E-state index contributed by atoms with van der Waals surface area (Å²) >= 11 is 0. The van der Waals surface area contributed by atoms with Gasteiger partial charge in [0, 0.05) is 22.7 Å². The minimum absolute atomic E-state index is 0.109. The highest BCUT2D eigenvalue weighted by molar-refractivity contribution is 6.15. The summed E-state index contributed by atoms with van der Waals surface area (Å²) in [6, 6.07) is 20.4. The average Bonchev–Trinajstić information content (AvgIpc) is 3.35. The molecule has 0 spiro atoms. The molecule has 1 aromatic heterocycles. The van der Waals surface area contributed by atoms with Gasteiger partial charge >= 0.3 is 0 Å². The SMILES string of the molecule is O=C(c1cccc(OCCC2CCCCN2)c1)c1c(-c2ccc(O)cc2)noc1-c1ccc(O)cc1. The summed E-state index contributed by atoms with van der Waals surface area (Å²) in [6.07, 6.45) is 4.55. The van der Waals surface area contributed by atoms with E-state index in [-0.39, 0.29) is 17.3 Å². The van der Waals surface area contributed by atoms with E-state index < -0.39 is 0 Å². The van der Waals surface area contributed by atoms with Crippen molar-refractivity contribution >= 4 is 5.78 Å². The number of hydrogen-bond donors (Lipinski definition) is 3. The molecule has 3 aromatic carbocycles. The molecule has 0 aliphatic carbocycles. The second kappa shape index (κ2) is 10.7. The van der Waals surface area contributed by atoms with Crippen molar-refractivity contribution < 1.29 is 24.3 Å². The maximum Gasteiger partial charge on any atom is 0.199 e. The van der Waals surface area contributed by atoms with E-state index in [1.165, 1.54) is 37.1 Å². The van der Waals surface area contributed by atoms with E-state index >= 15 is 0 Å². The molecule has 2 heterocycles. The van der Waals surface area contributed by atoms with Crippen LogP contribution in [0.2, 0.25) is 0 Å². The summed E-state index contributed by atoms with van der Waals surface area (Å²) in [5.74, 6) is 0.894. The van der Waals surface area contributed by atoms with Gasteiger partial charge in [0.1, 0.15) is 22.9 Å². The van der Waals surface area contributed by atoms with Gasteiger partial charge < -0.3 is 24.8 Å². The molecule has 1 unspecified atom stereocenters. The van der Waals surface area contributed by atoms with Gasteiger partial charge in [-0.1, -0.05) is 23.7 Å². The number of nitrogens with zero attached hydrogens (tertiary/aromatic N) is 1. The summed E-state index contributed by atoms with van der Waals surface area (Å²) in [7, 11) is 0. The first-order valence-corrected chi connectivity index (χ1v) is 12.2. The highest BCUT2D eigenvalue weighted by atomic mass is 16.5. The topological polar surface area (TPSA) is 105 Å². The molecule has 7 heteroatoms. The van der Waals surface area contributed by atoms with Crippen LogP contribution in [0.4, 0.5) is 0 Å². The van der Waals surface area contributed by atoms with Crippen LogP contribution in [0.3, 0.4) is 0 Å². The van der Waals surface area contributed by atoms with Crippen molar-refractivity contribution in [1.29, 1.82) is 0 Å². The summed E-state index contributed by atoms with van der Waals surface area (Å²) in [6.45, 7) is 1.63. The Bertz CT molecular complexity index is 1260. The molecule has 1 saturated heterocycles. The number of phenolic OH excluding ortho intramolecular Hbond substituents is 2. The third-order valence-corrected chi connectivity index (χ3v) is 6.43. The fraction of sp³-hybridized carbons (Fsp3) is 0.241. The number of carbonyl (C=O) groups excluding carboxylic acids is 1. The Hall–Kier alpha value is -4.10. The van der Waals surface area contributed by atoms with E-state index in [4.69, 9.17) is 9.26 Å². The van der Waals surface area contributed by atoms with Crippen molar-refractivity contribution in [2.24, 2.45) is 0 Å². The summed E-state index contributed by atoms with van der Waals surface area (Å²) in [4.78, 5) is 13.8. The van der Waals surface area contributed by atoms with Gasteiger partial charge in [-0.05, 0) is 86.5 Å². The fourth-order valence-electron chi connectivity index (χ4n) is 4.49. The number of piperidine rings is 1. The summed E-state index contributed by atoms with van der Waals surface area (Å²) in [5.41, 5.74) is 2.37. The smallest absolute Gasteiger partial charge is 0.199 e. The minimum Gasteiger partial charge on any atom is -0.508 e. The van der Waals surface area contributed by atoms with Crippen LogP contribution in [0.1, 0.15) is 41.6 Å². The Morgan fingerprint density at radius 2 is 1.69 bits per heavy atom. The van der Waals surface area contributed by atoms with Gasteiger partial charge in [0.15, 0.2) is 11.5 Å². The lowest BCUT2D eigenvalue weighted by atomic mass is 9.95. The molecule has 5 rings (SSSR count). The molecule has 0 bridgehead atoms. The van der Waals surface area contributed by atoms with Crippen molar-refractivity contribution in [1.82, 2.24) is 10.5 Å². The first kappa shape index (κ1) is 23.6. The van der Waals surface area contributed by atoms with Gasteiger partial charge in [-0.25, -0.2) is 0 Å². The van der Waals surface area contributed by atoms with Gasteiger partial charge in [0.25, 0.3) is 0 Å². The van der Waals surface area contributed by atoms with Crippen molar-refractivity contribution in [3.05, 3.63) is 83.9 Å². The number of phenols is 2. The third kappa shape index (κ3) is 5.26. The van der Waals surface area contributed by atoms with Gasteiger partial charge in [0.05, 0.1) is 12.2 Å². The highest BCUT2D eigenvalue weighted by Gasteiger charge is 2.26. The Morgan fingerprint density at radius 3 is 2.39 bits per heavy atom. The molecule has 184 valence electrons. The summed E-state index contributed by atoms with van der Waals surface area (Å²) < 4.78 is 11.6. The highest BCUT2D eigenvalue weighted by Crippen LogP contribution is 2.35. The average molecular weight is 485 g/mol. The van der Waals surface area contributed by atoms with Crippen molar-refractivity contribution in [2.75, 3.05) is 13.2 Å². The zero-order valence-corrected chi connectivity index (χ0v) is 19.8. The number of ether oxygens (including phenoxy) is 1. The third-order valence-electron chi connectivity index (χ3n) is 6.43. The normalized spacial score (nSPS) is 15.5. The van der Waals surface area contributed by atoms with Crippen LogP contribution >= 0.6 is 0 Å². The van der Waals surface area contributed by atoms with E-state index in [1.807, 2.05) is 6.07 Å².